The van der Waals surface area contributed by atoms with Gasteiger partial charge < -0.3 is 34.1 Å². The summed E-state index contributed by atoms with van der Waals surface area (Å²) in [5, 5.41) is 46.5. The van der Waals surface area contributed by atoms with Gasteiger partial charge in [0.15, 0.2) is 0 Å². The van der Waals surface area contributed by atoms with Gasteiger partial charge in [-0.15, -0.1) is 0 Å². The van der Waals surface area contributed by atoms with Crippen molar-refractivity contribution in [2.45, 2.75) is 112 Å². The zero-order chi connectivity index (χ0) is 49.0. The molecule has 5 atom stereocenters. The van der Waals surface area contributed by atoms with Crippen LogP contribution in [-0.2, 0) is 25.8 Å². The summed E-state index contributed by atoms with van der Waals surface area (Å²) < 4.78 is 5.32. The van der Waals surface area contributed by atoms with Crippen molar-refractivity contribution < 1.29 is 20.4 Å². The van der Waals surface area contributed by atoms with Crippen molar-refractivity contribution in [3.05, 3.63) is 163 Å². The van der Waals surface area contributed by atoms with Gasteiger partial charge >= 0.3 is 0 Å². The van der Waals surface area contributed by atoms with Crippen LogP contribution in [0, 0.1) is 27.7 Å². The number of aromatic nitrogens is 3. The number of fused-ring (bicyclic) bond motifs is 10. The van der Waals surface area contributed by atoms with Crippen molar-refractivity contribution in [3.8, 4) is 11.4 Å². The molecule has 4 N–H and O–H groups in total. The van der Waals surface area contributed by atoms with Crippen molar-refractivity contribution in [2.75, 3.05) is 0 Å². The van der Waals surface area contributed by atoms with Gasteiger partial charge in [-0.3, -0.25) is 38.4 Å². The molecule has 346 valence electrons. The van der Waals surface area contributed by atoms with Crippen LogP contribution in [-0.4, -0.2) is 58.5 Å². The average molecular weight is 918 g/mol. The van der Waals surface area contributed by atoms with Crippen molar-refractivity contribution in [1.82, 2.24) is 13.7 Å². The van der Waals surface area contributed by atoms with Crippen LogP contribution in [0.4, 0.5) is 0 Å². The Morgan fingerprint density at radius 1 is 0.544 bits per heavy atom. The number of aliphatic hydroxyl groups excluding tert-OH is 4. The standard InChI is InChI=1S/C53H47N3O12/c1-9-54-33-12-10-26-16-31(33)32-17-27(11-13-34(32)54)56-43-29(15-20(3)58)22(5)47(62)52(67)40(43)41-45(56)36(24(7)49(64)53(41)68)37(25(8)59)35(60)18-30-23(6)48(63)51(66)39-38-42(55(26)44(30)39)28(14-19(2)57)21(4)46(61)50(38)65/h10-13,16-17,19-20,25,35,37,57-60H,9,14-15,18H2,1-8H3. The summed E-state index contributed by atoms with van der Waals surface area (Å²) in [7, 11) is 0. The van der Waals surface area contributed by atoms with E-state index in [0.29, 0.717) is 28.7 Å². The third-order valence-electron chi connectivity index (χ3n) is 14.7. The minimum absolute atomic E-state index is 0.0208. The fourth-order valence-corrected chi connectivity index (χ4v) is 11.6. The minimum atomic E-state index is -1.75. The number of aliphatic hydroxyl groups is 4. The van der Waals surface area contributed by atoms with Crippen LogP contribution in [0.5, 0.6) is 0 Å². The van der Waals surface area contributed by atoms with Gasteiger partial charge in [0.2, 0.25) is 43.4 Å². The molecule has 0 radical (unpaired) electrons. The third-order valence-corrected chi connectivity index (χ3v) is 14.7. The Labute approximate surface area is 384 Å². The van der Waals surface area contributed by atoms with Crippen LogP contribution >= 0.6 is 0 Å². The minimum Gasteiger partial charge on any atom is -0.393 e. The highest BCUT2D eigenvalue weighted by Gasteiger charge is 2.38. The molecule has 15 nitrogen and oxygen atoms in total. The van der Waals surface area contributed by atoms with Crippen LogP contribution in [0.25, 0.3) is 76.8 Å². The monoisotopic (exact) mass is 917 g/mol. The van der Waals surface area contributed by atoms with E-state index in [-0.39, 0.29) is 95.6 Å². The first-order valence-corrected chi connectivity index (χ1v) is 22.7. The van der Waals surface area contributed by atoms with E-state index in [4.69, 9.17) is 0 Å². The van der Waals surface area contributed by atoms with Gasteiger partial charge in [-0.2, -0.15) is 0 Å². The molecule has 10 rings (SSSR count). The number of benzene rings is 6. The van der Waals surface area contributed by atoms with E-state index in [1.54, 1.807) is 21.3 Å². The van der Waals surface area contributed by atoms with E-state index in [2.05, 4.69) is 4.57 Å². The number of nitrogens with zero attached hydrogens (tertiary/aromatic N) is 3. The Kier molecular flexibility index (Phi) is 10.0. The van der Waals surface area contributed by atoms with E-state index in [1.165, 1.54) is 48.5 Å². The maximum Gasteiger partial charge on any atom is 0.236 e. The molecule has 9 aromatic rings. The zero-order valence-corrected chi connectivity index (χ0v) is 38.6. The highest BCUT2D eigenvalue weighted by atomic mass is 16.3. The average Bonchev–Trinajstić information content (AvgIpc) is 3.94. The molecular formula is C53H47N3O12. The van der Waals surface area contributed by atoms with Crippen molar-refractivity contribution in [3.63, 3.8) is 0 Å². The first kappa shape index (κ1) is 44.8. The molecule has 0 amide bonds. The van der Waals surface area contributed by atoms with Gasteiger partial charge in [-0.1, -0.05) is 0 Å². The molecule has 3 aromatic heterocycles. The first-order valence-electron chi connectivity index (χ1n) is 22.7. The molecule has 15 heteroatoms. The van der Waals surface area contributed by atoms with Crippen LogP contribution in [0.1, 0.15) is 78.1 Å². The summed E-state index contributed by atoms with van der Waals surface area (Å²) >= 11 is 0. The second-order valence-electron chi connectivity index (χ2n) is 18.8. The van der Waals surface area contributed by atoms with Gasteiger partial charge in [0.05, 0.1) is 68.0 Å². The molecule has 5 unspecified atom stereocenters. The lowest BCUT2D eigenvalue weighted by Gasteiger charge is -2.29. The lowest BCUT2D eigenvalue weighted by Crippen LogP contribution is -2.36. The van der Waals surface area contributed by atoms with Crippen LogP contribution in [0.3, 0.4) is 0 Å². The Morgan fingerprint density at radius 2 is 0.941 bits per heavy atom. The maximum absolute atomic E-state index is 14.6. The van der Waals surface area contributed by atoms with Gasteiger partial charge in [-0.05, 0) is 114 Å². The molecule has 0 aliphatic carbocycles. The molecular weight excluding hydrogens is 871 g/mol. The summed E-state index contributed by atoms with van der Waals surface area (Å²) in [4.78, 5) is 114. The van der Waals surface area contributed by atoms with Gasteiger partial charge in [0.25, 0.3) is 0 Å². The topological polar surface area (TPSA) is 232 Å². The Hall–Kier alpha value is -7.04. The highest BCUT2D eigenvalue weighted by Crippen LogP contribution is 2.43. The Balaban J connectivity index is 1.53. The highest BCUT2D eigenvalue weighted by molar-refractivity contribution is 6.15. The first-order chi connectivity index (χ1) is 32.1. The van der Waals surface area contributed by atoms with E-state index in [1.807, 2.05) is 31.2 Å². The molecule has 0 saturated heterocycles. The van der Waals surface area contributed by atoms with E-state index < -0.39 is 85.6 Å². The van der Waals surface area contributed by atoms with Crippen molar-refractivity contribution in [2.24, 2.45) is 0 Å². The number of aryl methyl sites for hydroxylation is 1. The molecule has 4 heterocycles. The SMILES string of the molecule is CCn1c2ccc3cc2c2cc(ccc21)-n1c2c(CC(C)O)c(C)c(=O)c(=O)c2c2c(=O)c(=O)c(C)c(c21)C(C(C)O)C(O)Cc1c(C)c(=O)c(=O)c2c4c(=O)c(=O)c(C)c(CC(C)O)c4n-3c12. The van der Waals surface area contributed by atoms with Gasteiger partial charge in [-0.25, -0.2) is 0 Å². The summed E-state index contributed by atoms with van der Waals surface area (Å²) in [5.41, 5.74) is -5.16. The van der Waals surface area contributed by atoms with E-state index in [0.717, 1.165) is 11.0 Å². The van der Waals surface area contributed by atoms with E-state index in [9.17, 15) is 58.8 Å². The van der Waals surface area contributed by atoms with Gasteiger partial charge in [0, 0.05) is 87.2 Å². The predicted molar refractivity (Wildman–Crippen MR) is 263 cm³/mol. The third kappa shape index (κ3) is 5.79. The predicted octanol–water partition coefficient (Wildman–Crippen LogP) is 3.10. The zero-order valence-electron chi connectivity index (χ0n) is 38.6. The Morgan fingerprint density at radius 3 is 1.37 bits per heavy atom. The molecule has 68 heavy (non-hydrogen) atoms. The smallest absolute Gasteiger partial charge is 0.236 e. The number of hydrogen-bond donors (Lipinski definition) is 4. The second kappa shape index (κ2) is 15.2. The Bertz CT molecular complexity index is 4230. The van der Waals surface area contributed by atoms with Crippen LogP contribution in [0.2, 0.25) is 0 Å². The van der Waals surface area contributed by atoms with E-state index >= 15 is 0 Å². The summed E-state index contributed by atoms with van der Waals surface area (Å²) in [5.74, 6) is -1.48. The summed E-state index contributed by atoms with van der Waals surface area (Å²) in [6, 6.07) is 10.9. The lowest BCUT2D eigenvalue weighted by molar-refractivity contribution is 0.0628. The molecule has 0 spiro atoms. The fourth-order valence-electron chi connectivity index (χ4n) is 11.6. The summed E-state index contributed by atoms with van der Waals surface area (Å²) in [6.45, 7) is 12.6. The number of rotatable bonds is 6. The van der Waals surface area contributed by atoms with Crippen molar-refractivity contribution in [1.29, 1.82) is 0 Å². The molecule has 4 bridgehead atoms. The summed E-state index contributed by atoms with van der Waals surface area (Å²) in [6.07, 6.45) is -6.07. The molecule has 0 fully saturated rings. The van der Waals surface area contributed by atoms with Gasteiger partial charge in [0.1, 0.15) is 0 Å². The molecule has 1 aliphatic rings. The molecule has 0 saturated carbocycles. The van der Waals surface area contributed by atoms with Crippen molar-refractivity contribution >= 4 is 65.4 Å². The largest absolute Gasteiger partial charge is 0.393 e. The quantitative estimate of drug-likeness (QED) is 0.176. The van der Waals surface area contributed by atoms with Crippen LogP contribution < -0.4 is 43.4 Å². The molecule has 1 aliphatic heterocycles. The molecule has 6 aromatic carbocycles. The second-order valence-corrected chi connectivity index (χ2v) is 18.8. The fraction of sp³-hybridized carbons (Fsp3) is 0.321. The lowest BCUT2D eigenvalue weighted by atomic mass is 9.81. The normalized spacial score (nSPS) is 16.6. The number of hydrogen-bond acceptors (Lipinski definition) is 12. The maximum atomic E-state index is 14.6. The van der Waals surface area contributed by atoms with Crippen LogP contribution in [0.15, 0.2) is 74.8 Å².